The normalized spacial score (nSPS) is 13.7. The molecule has 0 spiro atoms. The zero-order valence-electron chi connectivity index (χ0n) is 19.4. The lowest BCUT2D eigenvalue weighted by Gasteiger charge is -2.28. The highest BCUT2D eigenvalue weighted by Crippen LogP contribution is 2.39. The molecule has 0 radical (unpaired) electrons. The molecule has 0 saturated heterocycles. The van der Waals surface area contributed by atoms with Crippen molar-refractivity contribution in [3.63, 3.8) is 0 Å². The fraction of sp³-hybridized carbons (Fsp3) is 0.440. The molecule has 0 saturated carbocycles. The zero-order chi connectivity index (χ0) is 23.3. The Labute approximate surface area is 189 Å². The highest BCUT2D eigenvalue weighted by molar-refractivity contribution is 6.01. The van der Waals surface area contributed by atoms with Crippen LogP contribution in [-0.4, -0.2) is 50.6 Å². The summed E-state index contributed by atoms with van der Waals surface area (Å²) in [5.74, 6) is 1.75. The molecule has 0 unspecified atom stereocenters. The van der Waals surface area contributed by atoms with Gasteiger partial charge in [-0.15, -0.1) is 0 Å². The summed E-state index contributed by atoms with van der Waals surface area (Å²) in [6.45, 7) is 4.99. The molecular weight excluding hydrogens is 408 g/mol. The third-order valence-corrected chi connectivity index (χ3v) is 5.70. The van der Waals surface area contributed by atoms with Gasteiger partial charge in [0.05, 0.1) is 21.3 Å². The molecule has 0 fully saturated rings. The number of fused-ring (bicyclic) bond motifs is 1. The van der Waals surface area contributed by atoms with Crippen molar-refractivity contribution in [2.45, 2.75) is 39.3 Å². The average molecular weight is 441 g/mol. The van der Waals surface area contributed by atoms with Gasteiger partial charge in [-0.2, -0.15) is 0 Å². The van der Waals surface area contributed by atoms with Gasteiger partial charge in [-0.3, -0.25) is 9.59 Å². The number of hydrogen-bond acceptors (Lipinski definition) is 5. The lowest BCUT2D eigenvalue weighted by atomic mass is 10.0. The van der Waals surface area contributed by atoms with Crippen LogP contribution in [0.5, 0.6) is 17.2 Å². The number of carbonyl (C=O) groups excluding carboxylic acids is 2. The Morgan fingerprint density at radius 3 is 2.38 bits per heavy atom. The van der Waals surface area contributed by atoms with Crippen molar-refractivity contribution < 1.29 is 23.8 Å². The molecule has 3 rings (SSSR count). The minimum Gasteiger partial charge on any atom is -0.493 e. The second kappa shape index (κ2) is 10.4. The van der Waals surface area contributed by atoms with E-state index < -0.39 is 6.04 Å². The van der Waals surface area contributed by atoms with E-state index in [1.165, 1.54) is 0 Å². The van der Waals surface area contributed by atoms with Gasteiger partial charge in [-0.1, -0.05) is 38.1 Å². The van der Waals surface area contributed by atoms with E-state index in [1.54, 1.807) is 26.2 Å². The Kier molecular flexibility index (Phi) is 7.62. The summed E-state index contributed by atoms with van der Waals surface area (Å²) in [5, 5.41) is 3.02. The lowest BCUT2D eigenvalue weighted by Crippen LogP contribution is -2.48. The molecule has 2 aromatic carbocycles. The Balaban J connectivity index is 1.70. The van der Waals surface area contributed by atoms with E-state index in [4.69, 9.17) is 14.2 Å². The van der Waals surface area contributed by atoms with Crippen LogP contribution in [0.2, 0.25) is 0 Å². The number of ether oxygens (including phenoxy) is 3. The maximum Gasteiger partial charge on any atom is 0.255 e. The van der Waals surface area contributed by atoms with E-state index >= 15 is 0 Å². The number of amides is 2. The highest BCUT2D eigenvalue weighted by Gasteiger charge is 2.36. The van der Waals surface area contributed by atoms with Crippen LogP contribution in [0.25, 0.3) is 0 Å². The van der Waals surface area contributed by atoms with Gasteiger partial charge in [0.1, 0.15) is 6.04 Å². The monoisotopic (exact) mass is 440 g/mol. The summed E-state index contributed by atoms with van der Waals surface area (Å²) in [4.78, 5) is 27.8. The topological polar surface area (TPSA) is 77.1 Å². The van der Waals surface area contributed by atoms with Crippen LogP contribution in [0.1, 0.15) is 41.8 Å². The van der Waals surface area contributed by atoms with Crippen molar-refractivity contribution in [2.75, 3.05) is 27.9 Å². The van der Waals surface area contributed by atoms with E-state index in [-0.39, 0.29) is 17.7 Å². The first-order chi connectivity index (χ1) is 15.4. The van der Waals surface area contributed by atoms with E-state index in [2.05, 4.69) is 19.2 Å². The summed E-state index contributed by atoms with van der Waals surface area (Å²) in [6.07, 6.45) is 1.16. The van der Waals surface area contributed by atoms with Gasteiger partial charge in [-0.25, -0.2) is 0 Å². The Morgan fingerprint density at radius 1 is 1.03 bits per heavy atom. The minimum absolute atomic E-state index is 0.0806. The molecule has 7 nitrogen and oxygen atoms in total. The number of nitrogens with zero attached hydrogens (tertiary/aromatic N) is 1. The van der Waals surface area contributed by atoms with Gasteiger partial charge in [0.2, 0.25) is 11.7 Å². The quantitative estimate of drug-likeness (QED) is 0.612. The summed E-state index contributed by atoms with van der Waals surface area (Å²) in [6, 6.07) is 10.8. The molecule has 0 aliphatic carbocycles. The van der Waals surface area contributed by atoms with Crippen molar-refractivity contribution >= 4 is 11.8 Å². The first-order valence-electron chi connectivity index (χ1n) is 10.9. The molecule has 2 amide bonds. The van der Waals surface area contributed by atoms with E-state index in [9.17, 15) is 9.59 Å². The Bertz CT molecular complexity index is 973. The van der Waals surface area contributed by atoms with Crippen molar-refractivity contribution in [3.8, 4) is 17.2 Å². The maximum atomic E-state index is 13.1. The number of rotatable bonds is 10. The zero-order valence-corrected chi connectivity index (χ0v) is 19.4. The number of carbonyl (C=O) groups is 2. The van der Waals surface area contributed by atoms with E-state index in [0.29, 0.717) is 48.7 Å². The minimum atomic E-state index is -0.512. The largest absolute Gasteiger partial charge is 0.493 e. The number of nitrogens with one attached hydrogen (secondary N) is 1. The number of benzene rings is 2. The third kappa shape index (κ3) is 4.82. The molecule has 1 atom stereocenters. The van der Waals surface area contributed by atoms with E-state index in [1.807, 2.05) is 36.4 Å². The second-order valence-electron chi connectivity index (χ2n) is 8.27. The standard InChI is InChI=1S/C25H32N2O5/c1-16(2)14-20(27-15-18-8-6-7-9-19(18)25(27)29)24(28)26-13-12-17-10-11-21(30-3)23(32-5)22(17)31-4/h6-11,16,20H,12-15H2,1-5H3,(H,26,28)/t20-/m1/s1. The highest BCUT2D eigenvalue weighted by atomic mass is 16.5. The summed E-state index contributed by atoms with van der Waals surface area (Å²) in [5.41, 5.74) is 2.55. The van der Waals surface area contributed by atoms with Crippen LogP contribution in [0.4, 0.5) is 0 Å². The predicted octanol–water partition coefficient (Wildman–Crippen LogP) is 3.44. The molecule has 7 heteroatoms. The van der Waals surface area contributed by atoms with Crippen molar-refractivity contribution in [2.24, 2.45) is 5.92 Å². The van der Waals surface area contributed by atoms with Gasteiger partial charge < -0.3 is 24.4 Å². The van der Waals surface area contributed by atoms with Crippen LogP contribution in [-0.2, 0) is 17.8 Å². The molecule has 1 aliphatic heterocycles. The molecule has 1 aliphatic rings. The van der Waals surface area contributed by atoms with Crippen molar-refractivity contribution in [1.82, 2.24) is 10.2 Å². The molecule has 0 aromatic heterocycles. The fourth-order valence-electron chi connectivity index (χ4n) is 4.15. The molecule has 2 aromatic rings. The van der Waals surface area contributed by atoms with Gasteiger partial charge in [-0.05, 0) is 36.5 Å². The van der Waals surface area contributed by atoms with Crippen LogP contribution < -0.4 is 19.5 Å². The average Bonchev–Trinajstić information content (AvgIpc) is 3.12. The molecule has 1 heterocycles. The fourth-order valence-corrected chi connectivity index (χ4v) is 4.15. The molecular formula is C25H32N2O5. The maximum absolute atomic E-state index is 13.1. The van der Waals surface area contributed by atoms with Gasteiger partial charge in [0, 0.05) is 24.2 Å². The van der Waals surface area contributed by atoms with Crippen molar-refractivity contribution in [1.29, 1.82) is 0 Å². The summed E-state index contributed by atoms with van der Waals surface area (Å²) >= 11 is 0. The number of methoxy groups -OCH3 is 3. The molecule has 32 heavy (non-hydrogen) atoms. The van der Waals surface area contributed by atoms with Crippen LogP contribution in [0.15, 0.2) is 36.4 Å². The van der Waals surface area contributed by atoms with Crippen LogP contribution in [0, 0.1) is 5.92 Å². The molecule has 1 N–H and O–H groups in total. The lowest BCUT2D eigenvalue weighted by molar-refractivity contribution is -0.126. The summed E-state index contributed by atoms with van der Waals surface area (Å²) < 4.78 is 16.3. The van der Waals surface area contributed by atoms with Crippen LogP contribution >= 0.6 is 0 Å². The Morgan fingerprint density at radius 2 is 1.75 bits per heavy atom. The first-order valence-corrected chi connectivity index (χ1v) is 10.9. The SMILES string of the molecule is COc1ccc(CCNC(=O)[C@@H](CC(C)C)N2Cc3ccccc3C2=O)c(OC)c1OC. The number of hydrogen-bond donors (Lipinski definition) is 1. The molecule has 172 valence electrons. The van der Waals surface area contributed by atoms with E-state index in [0.717, 1.165) is 11.1 Å². The summed E-state index contributed by atoms with van der Waals surface area (Å²) in [7, 11) is 4.71. The van der Waals surface area contributed by atoms with Crippen molar-refractivity contribution in [3.05, 3.63) is 53.1 Å². The van der Waals surface area contributed by atoms with Gasteiger partial charge in [0.25, 0.3) is 5.91 Å². The van der Waals surface area contributed by atoms with Crippen LogP contribution in [0.3, 0.4) is 0 Å². The second-order valence-corrected chi connectivity index (χ2v) is 8.27. The smallest absolute Gasteiger partial charge is 0.255 e. The third-order valence-electron chi connectivity index (χ3n) is 5.70. The van der Waals surface area contributed by atoms with Gasteiger partial charge in [0.15, 0.2) is 11.5 Å². The molecule has 0 bridgehead atoms. The van der Waals surface area contributed by atoms with Gasteiger partial charge >= 0.3 is 0 Å². The first kappa shape index (κ1) is 23.4. The predicted molar refractivity (Wildman–Crippen MR) is 122 cm³/mol. The Hall–Kier alpha value is -3.22.